The van der Waals surface area contributed by atoms with Gasteiger partial charge < -0.3 is 21.5 Å². The van der Waals surface area contributed by atoms with Gasteiger partial charge in [0.05, 0.1) is 17.0 Å². The Morgan fingerprint density at radius 2 is 2.16 bits per heavy atom. The van der Waals surface area contributed by atoms with Crippen molar-refractivity contribution >= 4 is 23.0 Å². The number of amides is 1. The summed E-state index contributed by atoms with van der Waals surface area (Å²) in [5, 5.41) is 16.1. The molecule has 5 nitrogen and oxygen atoms in total. The lowest BCUT2D eigenvalue weighted by molar-refractivity contribution is -0.116. The first-order valence-corrected chi connectivity index (χ1v) is 6.74. The minimum Gasteiger partial charge on any atom is -0.397 e. The third-order valence-electron chi connectivity index (χ3n) is 4.06. The second-order valence-electron chi connectivity index (χ2n) is 5.58. The number of nitrogen functional groups attached to an aromatic ring is 1. The van der Waals surface area contributed by atoms with Crippen LogP contribution in [0.5, 0.6) is 0 Å². The molecule has 2 aliphatic rings. The van der Waals surface area contributed by atoms with Gasteiger partial charge >= 0.3 is 0 Å². The smallest absolute Gasteiger partial charge is 0.224 e. The van der Waals surface area contributed by atoms with E-state index < -0.39 is 5.60 Å². The van der Waals surface area contributed by atoms with Crippen molar-refractivity contribution in [1.82, 2.24) is 0 Å². The van der Waals surface area contributed by atoms with Gasteiger partial charge in [-0.05, 0) is 43.4 Å². The molecule has 1 saturated carbocycles. The molecule has 5 heteroatoms. The number of aliphatic hydroxyl groups is 1. The number of rotatable bonds is 3. The maximum atomic E-state index is 11.3. The minimum absolute atomic E-state index is 0.0383. The molecule has 1 aromatic rings. The van der Waals surface area contributed by atoms with Crippen LogP contribution in [0, 0.1) is 0 Å². The van der Waals surface area contributed by atoms with Crippen LogP contribution in [0.4, 0.5) is 17.1 Å². The molecule has 1 heterocycles. The Labute approximate surface area is 112 Å². The van der Waals surface area contributed by atoms with E-state index >= 15 is 0 Å². The molecule has 1 aliphatic carbocycles. The highest BCUT2D eigenvalue weighted by Crippen LogP contribution is 2.34. The van der Waals surface area contributed by atoms with Crippen molar-refractivity contribution in [1.29, 1.82) is 0 Å². The Morgan fingerprint density at radius 1 is 1.37 bits per heavy atom. The molecule has 1 aromatic carbocycles. The molecule has 102 valence electrons. The SMILES string of the molecule is Nc1cc2c(cc1NCC1(O)CCC1)CCC(=O)N2. The fraction of sp³-hybridized carbons (Fsp3) is 0.500. The molecule has 0 bridgehead atoms. The van der Waals surface area contributed by atoms with Gasteiger partial charge in [-0.3, -0.25) is 4.79 Å². The maximum absolute atomic E-state index is 11.3. The molecule has 0 aromatic heterocycles. The van der Waals surface area contributed by atoms with Crippen LogP contribution in [0.3, 0.4) is 0 Å². The first-order chi connectivity index (χ1) is 9.06. The molecule has 0 unspecified atom stereocenters. The van der Waals surface area contributed by atoms with Crippen molar-refractivity contribution in [3.05, 3.63) is 17.7 Å². The summed E-state index contributed by atoms with van der Waals surface area (Å²) >= 11 is 0. The van der Waals surface area contributed by atoms with Gasteiger partial charge in [0.25, 0.3) is 0 Å². The van der Waals surface area contributed by atoms with Gasteiger partial charge in [-0.1, -0.05) is 0 Å². The summed E-state index contributed by atoms with van der Waals surface area (Å²) in [6.07, 6.45) is 4.03. The van der Waals surface area contributed by atoms with Crippen LogP contribution < -0.4 is 16.4 Å². The summed E-state index contributed by atoms with van der Waals surface area (Å²) in [5.41, 5.74) is 8.76. The highest BCUT2D eigenvalue weighted by Gasteiger charge is 2.34. The number of hydrogen-bond acceptors (Lipinski definition) is 4. The highest BCUT2D eigenvalue weighted by atomic mass is 16.3. The van der Waals surface area contributed by atoms with Crippen molar-refractivity contribution < 1.29 is 9.90 Å². The lowest BCUT2D eigenvalue weighted by Gasteiger charge is -2.37. The summed E-state index contributed by atoms with van der Waals surface area (Å²) in [6.45, 7) is 0.530. The van der Waals surface area contributed by atoms with Crippen molar-refractivity contribution in [2.24, 2.45) is 0 Å². The maximum Gasteiger partial charge on any atom is 0.224 e. The summed E-state index contributed by atoms with van der Waals surface area (Å²) < 4.78 is 0. The zero-order valence-electron chi connectivity index (χ0n) is 10.8. The topological polar surface area (TPSA) is 87.4 Å². The second-order valence-corrected chi connectivity index (χ2v) is 5.58. The molecule has 0 saturated heterocycles. The number of benzene rings is 1. The number of nitrogens with one attached hydrogen (secondary N) is 2. The third kappa shape index (κ3) is 2.38. The average Bonchev–Trinajstić information content (AvgIpc) is 2.34. The van der Waals surface area contributed by atoms with Gasteiger partial charge in [0.1, 0.15) is 0 Å². The molecule has 5 N–H and O–H groups in total. The number of fused-ring (bicyclic) bond motifs is 1. The van der Waals surface area contributed by atoms with E-state index in [4.69, 9.17) is 5.73 Å². The number of nitrogens with two attached hydrogens (primary N) is 1. The van der Waals surface area contributed by atoms with Crippen LogP contribution >= 0.6 is 0 Å². The average molecular weight is 261 g/mol. The van der Waals surface area contributed by atoms with Crippen LogP contribution in [0.2, 0.25) is 0 Å². The normalized spacial score (nSPS) is 20.2. The summed E-state index contributed by atoms with van der Waals surface area (Å²) in [4.78, 5) is 11.3. The fourth-order valence-corrected chi connectivity index (χ4v) is 2.62. The van der Waals surface area contributed by atoms with Crippen molar-refractivity contribution in [2.45, 2.75) is 37.7 Å². The van der Waals surface area contributed by atoms with Crippen LogP contribution in [-0.2, 0) is 11.2 Å². The Bertz CT molecular complexity index is 524. The highest BCUT2D eigenvalue weighted by molar-refractivity contribution is 5.95. The lowest BCUT2D eigenvalue weighted by atomic mass is 9.80. The van der Waals surface area contributed by atoms with Crippen molar-refractivity contribution in [3.8, 4) is 0 Å². The van der Waals surface area contributed by atoms with Gasteiger partial charge in [-0.2, -0.15) is 0 Å². The summed E-state index contributed by atoms with van der Waals surface area (Å²) in [6, 6.07) is 3.77. The number of hydrogen-bond donors (Lipinski definition) is 4. The molecule has 1 aliphatic heterocycles. The van der Waals surface area contributed by atoms with E-state index in [0.29, 0.717) is 18.7 Å². The first-order valence-electron chi connectivity index (χ1n) is 6.74. The van der Waals surface area contributed by atoms with Gasteiger partial charge in [0.2, 0.25) is 5.91 Å². The lowest BCUT2D eigenvalue weighted by Crippen LogP contribution is -2.43. The van der Waals surface area contributed by atoms with E-state index in [1.807, 2.05) is 6.07 Å². The molecule has 0 radical (unpaired) electrons. The molecule has 0 spiro atoms. The number of aryl methyl sites for hydroxylation is 1. The number of anilines is 3. The van der Waals surface area contributed by atoms with Crippen LogP contribution in [-0.4, -0.2) is 23.2 Å². The molecular formula is C14H19N3O2. The predicted molar refractivity (Wildman–Crippen MR) is 75.1 cm³/mol. The molecule has 1 fully saturated rings. The van der Waals surface area contributed by atoms with Gasteiger partial charge in [-0.25, -0.2) is 0 Å². The second kappa shape index (κ2) is 4.42. The molecule has 1 amide bonds. The summed E-state index contributed by atoms with van der Waals surface area (Å²) in [7, 11) is 0. The molecule has 0 atom stereocenters. The summed E-state index contributed by atoms with van der Waals surface area (Å²) in [5.74, 6) is 0.0383. The van der Waals surface area contributed by atoms with E-state index in [-0.39, 0.29) is 5.91 Å². The zero-order valence-corrected chi connectivity index (χ0v) is 10.8. The Balaban J connectivity index is 1.76. The molecular weight excluding hydrogens is 242 g/mol. The third-order valence-corrected chi connectivity index (χ3v) is 4.06. The van der Waals surface area contributed by atoms with Crippen molar-refractivity contribution in [3.63, 3.8) is 0 Å². The first kappa shape index (κ1) is 12.3. The van der Waals surface area contributed by atoms with E-state index in [1.165, 1.54) is 0 Å². The quantitative estimate of drug-likeness (QED) is 0.621. The van der Waals surface area contributed by atoms with Gasteiger partial charge in [0, 0.05) is 18.7 Å². The standard InChI is InChI=1S/C14H19N3O2/c15-10-7-11-9(2-3-13(18)17-11)6-12(10)16-8-14(19)4-1-5-14/h6-7,16,19H,1-5,8,15H2,(H,17,18). The van der Waals surface area contributed by atoms with E-state index in [1.54, 1.807) is 6.07 Å². The van der Waals surface area contributed by atoms with Crippen LogP contribution in [0.1, 0.15) is 31.2 Å². The van der Waals surface area contributed by atoms with Crippen molar-refractivity contribution in [2.75, 3.05) is 22.9 Å². The largest absolute Gasteiger partial charge is 0.397 e. The Hall–Kier alpha value is -1.75. The zero-order chi connectivity index (χ0) is 13.5. The van der Waals surface area contributed by atoms with E-state index in [2.05, 4.69) is 10.6 Å². The number of carbonyl (C=O) groups excluding carboxylic acids is 1. The van der Waals surface area contributed by atoms with Gasteiger partial charge in [0.15, 0.2) is 0 Å². The van der Waals surface area contributed by atoms with E-state index in [0.717, 1.165) is 42.6 Å². The van der Waals surface area contributed by atoms with Gasteiger partial charge in [-0.15, -0.1) is 0 Å². The monoisotopic (exact) mass is 261 g/mol. The molecule has 19 heavy (non-hydrogen) atoms. The van der Waals surface area contributed by atoms with Crippen LogP contribution in [0.25, 0.3) is 0 Å². The molecule has 3 rings (SSSR count). The predicted octanol–water partition coefficient (Wildman–Crippen LogP) is 1.48. The fourth-order valence-electron chi connectivity index (χ4n) is 2.62. The van der Waals surface area contributed by atoms with Crippen LogP contribution in [0.15, 0.2) is 12.1 Å². The van der Waals surface area contributed by atoms with E-state index in [9.17, 15) is 9.90 Å². The number of carbonyl (C=O) groups is 1. The Kier molecular flexibility index (Phi) is 2.86. The Morgan fingerprint density at radius 3 is 2.84 bits per heavy atom. The minimum atomic E-state index is -0.573.